The minimum atomic E-state index is -0.0825. The van der Waals surface area contributed by atoms with E-state index in [-0.39, 0.29) is 18.6 Å². The molecule has 0 bridgehead atoms. The highest BCUT2D eigenvalue weighted by molar-refractivity contribution is 6.29. The average Bonchev–Trinajstić information content (AvgIpc) is 2.76. The van der Waals surface area contributed by atoms with Crippen LogP contribution in [0.3, 0.4) is 0 Å². The van der Waals surface area contributed by atoms with E-state index < -0.39 is 0 Å². The summed E-state index contributed by atoms with van der Waals surface area (Å²) in [5, 5.41) is 9.47. The molecule has 1 amide bonds. The van der Waals surface area contributed by atoms with Crippen molar-refractivity contribution >= 4 is 17.5 Å². The summed E-state index contributed by atoms with van der Waals surface area (Å²) in [5.74, 6) is -0.0825. The molecule has 2 rings (SSSR count). The molecule has 0 spiro atoms. The standard InChI is InChI=1S/C11H13ClN2O2/c12-10-6-8(3-4-13-10)11(16)14-5-1-2-9(14)7-15/h3-4,6,9,15H,1-2,5,7H2/t9-/m0/s1. The number of carbonyl (C=O) groups is 1. The van der Waals surface area contributed by atoms with Gasteiger partial charge in [-0.2, -0.15) is 0 Å². The Hall–Kier alpha value is -1.13. The van der Waals surface area contributed by atoms with Crippen LogP contribution in [0.4, 0.5) is 0 Å². The van der Waals surface area contributed by atoms with Crippen LogP contribution in [0.2, 0.25) is 5.15 Å². The molecule has 4 nitrogen and oxygen atoms in total. The maximum absolute atomic E-state index is 12.1. The van der Waals surface area contributed by atoms with Crippen molar-refractivity contribution < 1.29 is 9.90 Å². The summed E-state index contributed by atoms with van der Waals surface area (Å²) in [6, 6.07) is 3.14. The molecule has 0 unspecified atom stereocenters. The van der Waals surface area contributed by atoms with Gasteiger partial charge in [-0.05, 0) is 25.0 Å². The largest absolute Gasteiger partial charge is 0.394 e. The summed E-state index contributed by atoms with van der Waals surface area (Å²) < 4.78 is 0. The number of aliphatic hydroxyl groups excluding tert-OH is 1. The maximum Gasteiger partial charge on any atom is 0.254 e. The molecule has 1 aromatic heterocycles. The maximum atomic E-state index is 12.1. The number of pyridine rings is 1. The summed E-state index contributed by atoms with van der Waals surface area (Å²) in [6.07, 6.45) is 3.32. The van der Waals surface area contributed by atoms with E-state index in [2.05, 4.69) is 4.98 Å². The number of hydrogen-bond donors (Lipinski definition) is 1. The highest BCUT2D eigenvalue weighted by atomic mass is 35.5. The van der Waals surface area contributed by atoms with Gasteiger partial charge in [-0.3, -0.25) is 4.79 Å². The number of rotatable bonds is 2. The average molecular weight is 241 g/mol. The molecule has 0 radical (unpaired) electrons. The monoisotopic (exact) mass is 240 g/mol. The van der Waals surface area contributed by atoms with Crippen LogP contribution in [0.5, 0.6) is 0 Å². The van der Waals surface area contributed by atoms with Gasteiger partial charge >= 0.3 is 0 Å². The smallest absolute Gasteiger partial charge is 0.254 e. The van der Waals surface area contributed by atoms with E-state index in [1.54, 1.807) is 17.0 Å². The molecule has 2 heterocycles. The molecule has 16 heavy (non-hydrogen) atoms. The Labute approximate surface area is 98.9 Å². The van der Waals surface area contributed by atoms with Crippen molar-refractivity contribution in [2.24, 2.45) is 0 Å². The van der Waals surface area contributed by atoms with Gasteiger partial charge in [0.15, 0.2) is 0 Å². The van der Waals surface area contributed by atoms with Crippen molar-refractivity contribution in [1.82, 2.24) is 9.88 Å². The van der Waals surface area contributed by atoms with Crippen molar-refractivity contribution in [3.8, 4) is 0 Å². The number of carbonyl (C=O) groups excluding carboxylic acids is 1. The van der Waals surface area contributed by atoms with Crippen LogP contribution >= 0.6 is 11.6 Å². The Morgan fingerprint density at radius 2 is 2.50 bits per heavy atom. The Balaban J connectivity index is 2.18. The van der Waals surface area contributed by atoms with Crippen LogP contribution in [-0.4, -0.2) is 40.1 Å². The van der Waals surface area contributed by atoms with E-state index >= 15 is 0 Å². The summed E-state index contributed by atoms with van der Waals surface area (Å²) in [6.45, 7) is 0.717. The molecule has 1 atom stereocenters. The third-order valence-corrected chi connectivity index (χ3v) is 3.03. The number of nitrogens with zero attached hydrogens (tertiary/aromatic N) is 2. The Kier molecular flexibility index (Phi) is 3.41. The van der Waals surface area contributed by atoms with Gasteiger partial charge in [0.2, 0.25) is 0 Å². The highest BCUT2D eigenvalue weighted by Crippen LogP contribution is 2.20. The molecule has 86 valence electrons. The van der Waals surface area contributed by atoms with Gasteiger partial charge in [0.05, 0.1) is 12.6 Å². The van der Waals surface area contributed by atoms with Crippen LogP contribution in [0.25, 0.3) is 0 Å². The first-order chi connectivity index (χ1) is 7.72. The molecule has 1 aliphatic heterocycles. The predicted octanol–water partition coefficient (Wildman–Crippen LogP) is 1.33. The number of amides is 1. The second-order valence-corrected chi connectivity index (χ2v) is 4.23. The zero-order valence-corrected chi connectivity index (χ0v) is 9.52. The second-order valence-electron chi connectivity index (χ2n) is 3.84. The van der Waals surface area contributed by atoms with Crippen molar-refractivity contribution in [1.29, 1.82) is 0 Å². The van der Waals surface area contributed by atoms with E-state index in [1.165, 1.54) is 6.20 Å². The van der Waals surface area contributed by atoms with Crippen molar-refractivity contribution in [2.75, 3.05) is 13.2 Å². The zero-order valence-electron chi connectivity index (χ0n) is 8.77. The van der Waals surface area contributed by atoms with Gasteiger partial charge in [-0.15, -0.1) is 0 Å². The normalized spacial score (nSPS) is 20.1. The molecule has 0 aromatic carbocycles. The predicted molar refractivity (Wildman–Crippen MR) is 60.4 cm³/mol. The molecule has 0 saturated carbocycles. The second kappa shape index (κ2) is 4.80. The molecule has 1 saturated heterocycles. The van der Waals surface area contributed by atoms with E-state index in [0.717, 1.165) is 12.8 Å². The number of likely N-dealkylation sites (tertiary alicyclic amines) is 1. The van der Waals surface area contributed by atoms with E-state index in [4.69, 9.17) is 16.7 Å². The summed E-state index contributed by atoms with van der Waals surface area (Å²) in [4.78, 5) is 17.6. The number of aliphatic hydroxyl groups is 1. The highest BCUT2D eigenvalue weighted by Gasteiger charge is 2.28. The first-order valence-corrected chi connectivity index (χ1v) is 5.63. The fourth-order valence-electron chi connectivity index (χ4n) is 1.99. The van der Waals surface area contributed by atoms with E-state index in [1.807, 2.05) is 0 Å². The van der Waals surface area contributed by atoms with Crippen LogP contribution in [0.15, 0.2) is 18.3 Å². The van der Waals surface area contributed by atoms with E-state index in [9.17, 15) is 4.79 Å². The van der Waals surface area contributed by atoms with Gasteiger partial charge in [0.25, 0.3) is 5.91 Å². The minimum Gasteiger partial charge on any atom is -0.394 e. The lowest BCUT2D eigenvalue weighted by Crippen LogP contribution is -2.37. The first-order valence-electron chi connectivity index (χ1n) is 5.26. The fraction of sp³-hybridized carbons (Fsp3) is 0.455. The summed E-state index contributed by atoms with van der Waals surface area (Å²) in [5.41, 5.74) is 0.528. The van der Waals surface area contributed by atoms with Gasteiger partial charge in [0, 0.05) is 18.3 Å². The van der Waals surface area contributed by atoms with Crippen LogP contribution in [0.1, 0.15) is 23.2 Å². The van der Waals surface area contributed by atoms with E-state index in [0.29, 0.717) is 17.3 Å². The number of hydrogen-bond acceptors (Lipinski definition) is 3. The molecular formula is C11H13ClN2O2. The van der Waals surface area contributed by atoms with Gasteiger partial charge in [-0.25, -0.2) is 4.98 Å². The van der Waals surface area contributed by atoms with Crippen LogP contribution in [0, 0.1) is 0 Å². The summed E-state index contributed by atoms with van der Waals surface area (Å²) in [7, 11) is 0. The lowest BCUT2D eigenvalue weighted by Gasteiger charge is -2.22. The first kappa shape index (κ1) is 11.4. The van der Waals surface area contributed by atoms with Crippen molar-refractivity contribution in [3.63, 3.8) is 0 Å². The molecule has 5 heteroatoms. The third-order valence-electron chi connectivity index (χ3n) is 2.82. The Morgan fingerprint density at radius 1 is 1.69 bits per heavy atom. The van der Waals surface area contributed by atoms with Gasteiger partial charge in [-0.1, -0.05) is 11.6 Å². The topological polar surface area (TPSA) is 53.4 Å². The SMILES string of the molecule is O=C(c1ccnc(Cl)c1)N1CCC[C@H]1CO. The van der Waals surface area contributed by atoms with Crippen molar-refractivity contribution in [2.45, 2.75) is 18.9 Å². The quantitative estimate of drug-likeness (QED) is 0.794. The van der Waals surface area contributed by atoms with Gasteiger partial charge < -0.3 is 10.0 Å². The van der Waals surface area contributed by atoms with Crippen LogP contribution < -0.4 is 0 Å². The fourth-order valence-corrected chi connectivity index (χ4v) is 2.17. The number of halogens is 1. The molecule has 1 aliphatic rings. The minimum absolute atomic E-state index is 0.0184. The van der Waals surface area contributed by atoms with Gasteiger partial charge in [0.1, 0.15) is 5.15 Å². The lowest BCUT2D eigenvalue weighted by atomic mass is 10.2. The lowest BCUT2D eigenvalue weighted by molar-refractivity contribution is 0.0677. The molecule has 0 aliphatic carbocycles. The summed E-state index contributed by atoms with van der Waals surface area (Å²) >= 11 is 5.73. The molecule has 1 aromatic rings. The Bertz CT molecular complexity index is 397. The van der Waals surface area contributed by atoms with Crippen molar-refractivity contribution in [3.05, 3.63) is 29.0 Å². The third kappa shape index (κ3) is 2.18. The zero-order chi connectivity index (χ0) is 11.5. The molecular weight excluding hydrogens is 228 g/mol. The molecule has 1 N–H and O–H groups in total. The Morgan fingerprint density at radius 3 is 3.19 bits per heavy atom. The number of aromatic nitrogens is 1. The molecule has 1 fully saturated rings. The van der Waals surface area contributed by atoms with Crippen LogP contribution in [-0.2, 0) is 0 Å².